The molecule has 2 rings (SSSR count). The van der Waals surface area contributed by atoms with Crippen LogP contribution >= 0.6 is 0 Å². The average molecular weight is 240 g/mol. The molecule has 2 N–H and O–H groups in total. The van der Waals surface area contributed by atoms with E-state index in [1.807, 2.05) is 4.90 Å². The van der Waals surface area contributed by atoms with Crippen molar-refractivity contribution in [3.05, 3.63) is 0 Å². The van der Waals surface area contributed by atoms with E-state index in [-0.39, 0.29) is 17.5 Å². The lowest BCUT2D eigenvalue weighted by molar-refractivity contribution is -0.136. The van der Waals surface area contributed by atoms with Crippen molar-refractivity contribution in [1.82, 2.24) is 4.90 Å². The molecule has 0 radical (unpaired) electrons. The zero-order valence-corrected chi connectivity index (χ0v) is 10.9. The molecule has 0 spiro atoms. The van der Waals surface area contributed by atoms with Crippen molar-refractivity contribution in [2.45, 2.75) is 51.1 Å². The lowest BCUT2D eigenvalue weighted by atomic mass is 9.94. The second kappa shape index (κ2) is 4.94. The zero-order valence-electron chi connectivity index (χ0n) is 10.9. The molecule has 2 aliphatic rings. The monoisotopic (exact) mass is 240 g/mol. The summed E-state index contributed by atoms with van der Waals surface area (Å²) in [7, 11) is 0. The van der Waals surface area contributed by atoms with E-state index in [4.69, 9.17) is 10.5 Å². The molecule has 2 heterocycles. The van der Waals surface area contributed by atoms with Crippen LogP contribution in [0.3, 0.4) is 0 Å². The molecule has 0 bridgehead atoms. The molecule has 0 aliphatic carbocycles. The van der Waals surface area contributed by atoms with E-state index in [9.17, 15) is 4.79 Å². The molecule has 1 unspecified atom stereocenters. The number of carbonyl (C=O) groups is 1. The van der Waals surface area contributed by atoms with Gasteiger partial charge in [0.2, 0.25) is 5.91 Å². The van der Waals surface area contributed by atoms with Gasteiger partial charge in [-0.1, -0.05) is 0 Å². The van der Waals surface area contributed by atoms with Crippen molar-refractivity contribution < 1.29 is 9.53 Å². The smallest absolute Gasteiger partial charge is 0.223 e. The minimum absolute atomic E-state index is 0.0678. The Morgan fingerprint density at radius 2 is 2.06 bits per heavy atom. The molecule has 0 aromatic heterocycles. The van der Waals surface area contributed by atoms with Crippen LogP contribution in [0.1, 0.15) is 39.5 Å². The van der Waals surface area contributed by atoms with Gasteiger partial charge in [0.1, 0.15) is 0 Å². The minimum Gasteiger partial charge on any atom is -0.381 e. The molecule has 17 heavy (non-hydrogen) atoms. The van der Waals surface area contributed by atoms with Crippen molar-refractivity contribution in [2.24, 2.45) is 11.7 Å². The normalized spacial score (nSPS) is 29.6. The summed E-state index contributed by atoms with van der Waals surface area (Å²) in [6, 6.07) is 0.142. The van der Waals surface area contributed by atoms with Crippen LogP contribution in [0.5, 0.6) is 0 Å². The first-order valence-electron chi connectivity index (χ1n) is 6.63. The van der Waals surface area contributed by atoms with Gasteiger partial charge in [-0.3, -0.25) is 4.79 Å². The highest BCUT2D eigenvalue weighted by molar-refractivity contribution is 5.77. The lowest BCUT2D eigenvalue weighted by Gasteiger charge is -2.33. The summed E-state index contributed by atoms with van der Waals surface area (Å²) in [5, 5.41) is 0. The Morgan fingerprint density at radius 3 is 2.59 bits per heavy atom. The molecule has 4 heteroatoms. The molecule has 2 fully saturated rings. The van der Waals surface area contributed by atoms with E-state index in [2.05, 4.69) is 13.8 Å². The van der Waals surface area contributed by atoms with Gasteiger partial charge < -0.3 is 15.4 Å². The second-order valence-electron chi connectivity index (χ2n) is 6.04. The first kappa shape index (κ1) is 12.8. The average Bonchev–Trinajstić information content (AvgIpc) is 2.53. The van der Waals surface area contributed by atoms with E-state index >= 15 is 0 Å². The van der Waals surface area contributed by atoms with Crippen LogP contribution in [0.25, 0.3) is 0 Å². The summed E-state index contributed by atoms with van der Waals surface area (Å²) in [6.45, 7) is 6.56. The van der Waals surface area contributed by atoms with Gasteiger partial charge in [0.05, 0.1) is 0 Å². The van der Waals surface area contributed by atoms with Crippen molar-refractivity contribution in [2.75, 3.05) is 19.8 Å². The van der Waals surface area contributed by atoms with Gasteiger partial charge in [-0.2, -0.15) is 0 Å². The third-order valence-electron chi connectivity index (χ3n) is 4.01. The summed E-state index contributed by atoms with van der Waals surface area (Å²) in [6.07, 6.45) is 3.62. The molecule has 2 saturated heterocycles. The van der Waals surface area contributed by atoms with Crippen molar-refractivity contribution in [3.63, 3.8) is 0 Å². The van der Waals surface area contributed by atoms with Crippen molar-refractivity contribution >= 4 is 5.91 Å². The minimum atomic E-state index is -0.0678. The summed E-state index contributed by atoms with van der Waals surface area (Å²) < 4.78 is 5.32. The number of rotatable bonds is 2. The van der Waals surface area contributed by atoms with Gasteiger partial charge in [-0.25, -0.2) is 0 Å². The Morgan fingerprint density at radius 1 is 1.41 bits per heavy atom. The van der Waals surface area contributed by atoms with Gasteiger partial charge in [0, 0.05) is 37.8 Å². The second-order valence-corrected chi connectivity index (χ2v) is 6.04. The maximum absolute atomic E-state index is 12.3. The predicted octanol–water partition coefficient (Wildman–Crippen LogP) is 1.14. The summed E-state index contributed by atoms with van der Waals surface area (Å²) in [5.41, 5.74) is 5.89. The largest absolute Gasteiger partial charge is 0.381 e. The Bertz CT molecular complexity index is 285. The fourth-order valence-corrected chi connectivity index (χ4v) is 3.05. The van der Waals surface area contributed by atoms with Crippen molar-refractivity contribution in [1.29, 1.82) is 0 Å². The topological polar surface area (TPSA) is 55.6 Å². The third kappa shape index (κ3) is 2.99. The Kier molecular flexibility index (Phi) is 3.73. The highest BCUT2D eigenvalue weighted by Crippen LogP contribution is 2.30. The predicted molar refractivity (Wildman–Crippen MR) is 66.5 cm³/mol. The van der Waals surface area contributed by atoms with Gasteiger partial charge in [-0.15, -0.1) is 0 Å². The molecule has 0 aromatic rings. The van der Waals surface area contributed by atoms with E-state index in [0.717, 1.165) is 39.0 Å². The molecule has 1 amide bonds. The third-order valence-corrected chi connectivity index (χ3v) is 4.01. The fraction of sp³-hybridized carbons (Fsp3) is 0.923. The number of nitrogens with zero attached hydrogens (tertiary/aromatic N) is 1. The zero-order chi connectivity index (χ0) is 12.5. The van der Waals surface area contributed by atoms with E-state index < -0.39 is 0 Å². The molecule has 0 saturated carbocycles. The van der Waals surface area contributed by atoms with Crippen LogP contribution in [-0.4, -0.2) is 42.1 Å². The maximum Gasteiger partial charge on any atom is 0.223 e. The maximum atomic E-state index is 12.3. The lowest BCUT2D eigenvalue weighted by Crippen LogP contribution is -2.43. The molecule has 2 aliphatic heterocycles. The number of hydrogen-bond acceptors (Lipinski definition) is 3. The molecule has 4 nitrogen and oxygen atoms in total. The molecular formula is C13H24N2O2. The van der Waals surface area contributed by atoms with E-state index in [1.54, 1.807) is 0 Å². The highest BCUT2D eigenvalue weighted by atomic mass is 16.5. The van der Waals surface area contributed by atoms with Gasteiger partial charge in [-0.05, 0) is 39.0 Å². The van der Waals surface area contributed by atoms with Crippen LogP contribution in [-0.2, 0) is 9.53 Å². The molecule has 0 aromatic carbocycles. The number of hydrogen-bond donors (Lipinski definition) is 1. The van der Waals surface area contributed by atoms with Gasteiger partial charge in [0.25, 0.3) is 0 Å². The standard InChI is InChI=1S/C13H24N2O2/c1-13(2)8-11(14)9-15(13)12(16)7-10-3-5-17-6-4-10/h10-11H,3-9,14H2,1-2H3. The summed E-state index contributed by atoms with van der Waals surface area (Å²) in [5.74, 6) is 0.777. The van der Waals surface area contributed by atoms with Crippen molar-refractivity contribution in [3.8, 4) is 0 Å². The van der Waals surface area contributed by atoms with Gasteiger partial charge >= 0.3 is 0 Å². The Labute approximate surface area is 103 Å². The SMILES string of the molecule is CC1(C)CC(N)CN1C(=O)CC1CCOCC1. The molecule has 1 atom stereocenters. The van der Waals surface area contributed by atoms with Crippen LogP contribution in [0.2, 0.25) is 0 Å². The molecule has 98 valence electrons. The first-order chi connectivity index (χ1) is 7.99. The van der Waals surface area contributed by atoms with E-state index in [1.165, 1.54) is 0 Å². The quantitative estimate of drug-likeness (QED) is 0.787. The van der Waals surface area contributed by atoms with Crippen LogP contribution in [0.15, 0.2) is 0 Å². The van der Waals surface area contributed by atoms with Crippen LogP contribution in [0, 0.1) is 5.92 Å². The number of carbonyl (C=O) groups excluding carboxylic acids is 1. The van der Waals surface area contributed by atoms with E-state index in [0.29, 0.717) is 12.3 Å². The number of amides is 1. The highest BCUT2D eigenvalue weighted by Gasteiger charge is 2.39. The first-order valence-corrected chi connectivity index (χ1v) is 6.63. The fourth-order valence-electron chi connectivity index (χ4n) is 3.05. The van der Waals surface area contributed by atoms with Crippen LogP contribution < -0.4 is 5.73 Å². The number of nitrogens with two attached hydrogens (primary N) is 1. The molecular weight excluding hydrogens is 216 g/mol. The number of ether oxygens (including phenoxy) is 1. The van der Waals surface area contributed by atoms with Crippen LogP contribution in [0.4, 0.5) is 0 Å². The summed E-state index contributed by atoms with van der Waals surface area (Å²) in [4.78, 5) is 14.3. The Balaban J connectivity index is 1.91. The van der Waals surface area contributed by atoms with Gasteiger partial charge in [0.15, 0.2) is 0 Å². The Hall–Kier alpha value is -0.610. The summed E-state index contributed by atoms with van der Waals surface area (Å²) >= 11 is 0. The number of likely N-dealkylation sites (tertiary alicyclic amines) is 1.